The normalized spacial score (nSPS) is 25.0. The van der Waals surface area contributed by atoms with Gasteiger partial charge in [-0.05, 0) is 19.4 Å². The van der Waals surface area contributed by atoms with Gasteiger partial charge in [-0.2, -0.15) is 0 Å². The SMILES string of the molecule is COCCN1CCCC1COC. The molecule has 1 unspecified atom stereocenters. The first-order valence-corrected chi connectivity index (χ1v) is 4.60. The summed E-state index contributed by atoms with van der Waals surface area (Å²) < 4.78 is 10.2. The van der Waals surface area contributed by atoms with Crippen LogP contribution in [0.3, 0.4) is 0 Å². The maximum atomic E-state index is 5.15. The predicted molar refractivity (Wildman–Crippen MR) is 48.3 cm³/mol. The average molecular weight is 173 g/mol. The molecular formula is C9H19NO2. The van der Waals surface area contributed by atoms with Crippen molar-refractivity contribution in [1.29, 1.82) is 0 Å². The first-order chi connectivity index (χ1) is 5.88. The lowest BCUT2D eigenvalue weighted by Gasteiger charge is -2.22. The van der Waals surface area contributed by atoms with Crippen LogP contribution >= 0.6 is 0 Å². The first-order valence-electron chi connectivity index (χ1n) is 4.60. The number of hydrogen-bond donors (Lipinski definition) is 0. The van der Waals surface area contributed by atoms with Crippen LogP contribution in [0.1, 0.15) is 12.8 Å². The maximum absolute atomic E-state index is 5.15. The molecule has 0 spiro atoms. The van der Waals surface area contributed by atoms with Crippen molar-refractivity contribution in [3.8, 4) is 0 Å². The molecule has 1 fully saturated rings. The Morgan fingerprint density at radius 2 is 2.17 bits per heavy atom. The van der Waals surface area contributed by atoms with Crippen LogP contribution in [0.5, 0.6) is 0 Å². The van der Waals surface area contributed by atoms with Gasteiger partial charge in [-0.15, -0.1) is 0 Å². The van der Waals surface area contributed by atoms with E-state index in [-0.39, 0.29) is 0 Å². The van der Waals surface area contributed by atoms with Crippen molar-refractivity contribution in [2.24, 2.45) is 0 Å². The quantitative estimate of drug-likeness (QED) is 0.612. The molecule has 1 aliphatic rings. The van der Waals surface area contributed by atoms with Crippen LogP contribution in [-0.2, 0) is 9.47 Å². The molecule has 0 amide bonds. The Kier molecular flexibility index (Phi) is 4.58. The van der Waals surface area contributed by atoms with Gasteiger partial charge in [0.1, 0.15) is 0 Å². The maximum Gasteiger partial charge on any atom is 0.0618 e. The number of ether oxygens (including phenoxy) is 2. The fourth-order valence-electron chi connectivity index (χ4n) is 1.78. The lowest BCUT2D eigenvalue weighted by molar-refractivity contribution is 0.0911. The summed E-state index contributed by atoms with van der Waals surface area (Å²) in [5, 5.41) is 0. The fourth-order valence-corrected chi connectivity index (χ4v) is 1.78. The first kappa shape index (κ1) is 9.96. The van der Waals surface area contributed by atoms with Crippen molar-refractivity contribution in [3.05, 3.63) is 0 Å². The Labute approximate surface area is 74.6 Å². The lowest BCUT2D eigenvalue weighted by Crippen LogP contribution is -2.35. The second kappa shape index (κ2) is 5.51. The van der Waals surface area contributed by atoms with E-state index < -0.39 is 0 Å². The molecule has 3 nitrogen and oxygen atoms in total. The van der Waals surface area contributed by atoms with E-state index in [9.17, 15) is 0 Å². The highest BCUT2D eigenvalue weighted by molar-refractivity contribution is 4.78. The summed E-state index contributed by atoms with van der Waals surface area (Å²) >= 11 is 0. The van der Waals surface area contributed by atoms with E-state index in [1.807, 2.05) is 0 Å². The van der Waals surface area contributed by atoms with Crippen LogP contribution in [0.4, 0.5) is 0 Å². The Morgan fingerprint density at radius 1 is 1.33 bits per heavy atom. The van der Waals surface area contributed by atoms with Crippen molar-refractivity contribution >= 4 is 0 Å². The van der Waals surface area contributed by atoms with Crippen LogP contribution in [0.15, 0.2) is 0 Å². The summed E-state index contributed by atoms with van der Waals surface area (Å²) in [6.45, 7) is 3.95. The van der Waals surface area contributed by atoms with E-state index >= 15 is 0 Å². The lowest BCUT2D eigenvalue weighted by atomic mass is 10.2. The Morgan fingerprint density at radius 3 is 2.83 bits per heavy atom. The average Bonchev–Trinajstić information content (AvgIpc) is 2.50. The molecule has 0 bridgehead atoms. The zero-order valence-corrected chi connectivity index (χ0v) is 8.08. The third-order valence-corrected chi connectivity index (χ3v) is 2.44. The van der Waals surface area contributed by atoms with Gasteiger partial charge in [-0.1, -0.05) is 0 Å². The topological polar surface area (TPSA) is 21.7 Å². The number of likely N-dealkylation sites (tertiary alicyclic amines) is 1. The fraction of sp³-hybridized carbons (Fsp3) is 1.00. The van der Waals surface area contributed by atoms with Crippen molar-refractivity contribution in [2.45, 2.75) is 18.9 Å². The molecule has 1 heterocycles. The number of rotatable bonds is 5. The highest BCUT2D eigenvalue weighted by Gasteiger charge is 2.23. The highest BCUT2D eigenvalue weighted by atomic mass is 16.5. The molecule has 0 radical (unpaired) electrons. The standard InChI is InChI=1S/C9H19NO2/c1-11-7-6-10-5-3-4-9(10)8-12-2/h9H,3-8H2,1-2H3. The number of hydrogen-bond acceptors (Lipinski definition) is 3. The van der Waals surface area contributed by atoms with Crippen LogP contribution in [0.2, 0.25) is 0 Å². The molecule has 0 aliphatic carbocycles. The molecule has 0 N–H and O–H groups in total. The molecule has 0 aromatic carbocycles. The van der Waals surface area contributed by atoms with Crippen molar-refractivity contribution in [3.63, 3.8) is 0 Å². The van der Waals surface area contributed by atoms with Crippen molar-refractivity contribution < 1.29 is 9.47 Å². The van der Waals surface area contributed by atoms with Gasteiger partial charge in [0.15, 0.2) is 0 Å². The molecule has 1 saturated heterocycles. The predicted octanol–water partition coefficient (Wildman–Crippen LogP) is 0.744. The molecule has 0 saturated carbocycles. The summed E-state index contributed by atoms with van der Waals surface area (Å²) in [7, 11) is 3.52. The van der Waals surface area contributed by atoms with Gasteiger partial charge in [0.25, 0.3) is 0 Å². The Balaban J connectivity index is 2.20. The van der Waals surface area contributed by atoms with Crippen LogP contribution in [0, 0.1) is 0 Å². The van der Waals surface area contributed by atoms with Crippen LogP contribution in [0.25, 0.3) is 0 Å². The summed E-state index contributed by atoms with van der Waals surface area (Å²) in [5.41, 5.74) is 0. The molecule has 72 valence electrons. The molecule has 1 aliphatic heterocycles. The summed E-state index contributed by atoms with van der Waals surface area (Å²) in [6, 6.07) is 0.630. The highest BCUT2D eigenvalue weighted by Crippen LogP contribution is 2.16. The van der Waals surface area contributed by atoms with Crippen molar-refractivity contribution in [2.75, 3.05) is 40.5 Å². The van der Waals surface area contributed by atoms with Crippen molar-refractivity contribution in [1.82, 2.24) is 4.90 Å². The Hall–Kier alpha value is -0.120. The van der Waals surface area contributed by atoms with Gasteiger partial charge < -0.3 is 9.47 Å². The van der Waals surface area contributed by atoms with Crippen LogP contribution in [-0.4, -0.2) is 51.5 Å². The molecule has 0 aromatic heterocycles. The number of nitrogens with zero attached hydrogens (tertiary/aromatic N) is 1. The molecule has 1 atom stereocenters. The Bertz CT molecular complexity index is 119. The number of methoxy groups -OCH3 is 2. The molecule has 0 aromatic rings. The van der Waals surface area contributed by atoms with Gasteiger partial charge in [0.05, 0.1) is 13.2 Å². The van der Waals surface area contributed by atoms with E-state index in [1.54, 1.807) is 14.2 Å². The largest absolute Gasteiger partial charge is 0.383 e. The summed E-state index contributed by atoms with van der Waals surface area (Å²) in [4.78, 5) is 2.45. The smallest absolute Gasteiger partial charge is 0.0618 e. The van der Waals surface area contributed by atoms with Gasteiger partial charge in [0, 0.05) is 26.8 Å². The van der Waals surface area contributed by atoms with Gasteiger partial charge in [-0.3, -0.25) is 4.90 Å². The van der Waals surface area contributed by atoms with Gasteiger partial charge >= 0.3 is 0 Å². The van der Waals surface area contributed by atoms with Gasteiger partial charge in [0.2, 0.25) is 0 Å². The second-order valence-electron chi connectivity index (χ2n) is 3.28. The zero-order valence-electron chi connectivity index (χ0n) is 8.08. The minimum atomic E-state index is 0.630. The molecule has 12 heavy (non-hydrogen) atoms. The summed E-state index contributed by atoms with van der Waals surface area (Å²) in [6.07, 6.45) is 2.58. The third-order valence-electron chi connectivity index (χ3n) is 2.44. The van der Waals surface area contributed by atoms with E-state index in [0.29, 0.717) is 6.04 Å². The zero-order chi connectivity index (χ0) is 8.81. The van der Waals surface area contributed by atoms with E-state index in [4.69, 9.17) is 9.47 Å². The molecule has 1 rings (SSSR count). The molecule has 3 heteroatoms. The minimum absolute atomic E-state index is 0.630. The van der Waals surface area contributed by atoms with E-state index in [2.05, 4.69) is 4.90 Å². The monoisotopic (exact) mass is 173 g/mol. The molecular weight excluding hydrogens is 154 g/mol. The minimum Gasteiger partial charge on any atom is -0.383 e. The second-order valence-corrected chi connectivity index (χ2v) is 3.28. The van der Waals surface area contributed by atoms with Gasteiger partial charge in [-0.25, -0.2) is 0 Å². The van der Waals surface area contributed by atoms with E-state index in [0.717, 1.165) is 19.8 Å². The third kappa shape index (κ3) is 2.73. The van der Waals surface area contributed by atoms with E-state index in [1.165, 1.54) is 19.4 Å². The van der Waals surface area contributed by atoms with Crippen LogP contribution < -0.4 is 0 Å². The summed E-state index contributed by atoms with van der Waals surface area (Å²) in [5.74, 6) is 0.